The van der Waals surface area contributed by atoms with Crippen molar-refractivity contribution in [2.24, 2.45) is 5.16 Å². The molecule has 1 amide bonds. The van der Waals surface area contributed by atoms with Crippen LogP contribution in [0.15, 0.2) is 59.8 Å². The molecule has 0 bridgehead atoms. The fourth-order valence-corrected chi connectivity index (χ4v) is 3.51. The minimum absolute atomic E-state index is 0.132. The van der Waals surface area contributed by atoms with E-state index >= 15 is 0 Å². The molecule has 3 atom stereocenters. The number of amides is 1. The van der Waals surface area contributed by atoms with Crippen molar-refractivity contribution >= 4 is 11.6 Å². The number of hydrogen-bond donors (Lipinski definition) is 1. The van der Waals surface area contributed by atoms with Crippen molar-refractivity contribution in [3.63, 3.8) is 0 Å². The van der Waals surface area contributed by atoms with E-state index in [1.165, 1.54) is 12.1 Å². The molecule has 0 aliphatic carbocycles. The molecule has 2 aliphatic rings. The highest BCUT2D eigenvalue weighted by molar-refractivity contribution is 6.39. The molecule has 2 aliphatic heterocycles. The van der Waals surface area contributed by atoms with E-state index < -0.39 is 0 Å². The van der Waals surface area contributed by atoms with E-state index in [0.29, 0.717) is 18.7 Å². The zero-order valence-corrected chi connectivity index (χ0v) is 14.8. The second kappa shape index (κ2) is 7.88. The van der Waals surface area contributed by atoms with Crippen molar-refractivity contribution in [3.8, 4) is 0 Å². The number of nitrogens with one attached hydrogen (secondary N) is 1. The molecule has 0 radical (unpaired) electrons. The van der Waals surface area contributed by atoms with Crippen molar-refractivity contribution in [2.75, 3.05) is 6.61 Å². The van der Waals surface area contributed by atoms with Gasteiger partial charge in [0.15, 0.2) is 6.10 Å². The molecular weight excluding hydrogens is 347 g/mol. The number of oxime groups is 1. The zero-order valence-electron chi connectivity index (χ0n) is 14.8. The van der Waals surface area contributed by atoms with Gasteiger partial charge in [-0.25, -0.2) is 4.39 Å². The minimum atomic E-state index is -0.348. The Morgan fingerprint density at radius 2 is 1.93 bits per heavy atom. The summed E-state index contributed by atoms with van der Waals surface area (Å²) in [5.74, 6) is -0.589. The molecule has 2 aromatic rings. The Morgan fingerprint density at radius 3 is 2.63 bits per heavy atom. The van der Waals surface area contributed by atoms with Crippen LogP contribution in [0.25, 0.3) is 0 Å². The summed E-state index contributed by atoms with van der Waals surface area (Å²) in [6.07, 6.45) is 1.82. The summed E-state index contributed by atoms with van der Waals surface area (Å²) in [5, 5.41) is 7.00. The first-order valence-corrected chi connectivity index (χ1v) is 9.16. The largest absolute Gasteiger partial charge is 0.387 e. The van der Waals surface area contributed by atoms with Crippen LogP contribution < -0.4 is 5.32 Å². The van der Waals surface area contributed by atoms with Gasteiger partial charge in [-0.15, -0.1) is 0 Å². The van der Waals surface area contributed by atoms with Gasteiger partial charge in [-0.1, -0.05) is 47.6 Å². The molecule has 4 rings (SSSR count). The van der Waals surface area contributed by atoms with Gasteiger partial charge in [0, 0.05) is 13.0 Å². The topological polar surface area (TPSA) is 59.9 Å². The van der Waals surface area contributed by atoms with E-state index in [1.54, 1.807) is 12.1 Å². The molecule has 1 fully saturated rings. The average molecular weight is 368 g/mol. The van der Waals surface area contributed by atoms with Gasteiger partial charge in [-0.2, -0.15) is 0 Å². The highest BCUT2D eigenvalue weighted by atomic mass is 19.1. The van der Waals surface area contributed by atoms with E-state index in [0.717, 1.165) is 24.0 Å². The lowest BCUT2D eigenvalue weighted by Gasteiger charge is -2.24. The number of ether oxygens (including phenoxy) is 1. The van der Waals surface area contributed by atoms with Crippen LogP contribution in [0.5, 0.6) is 0 Å². The summed E-state index contributed by atoms with van der Waals surface area (Å²) in [6.45, 7) is 0.665. The highest BCUT2D eigenvalue weighted by Gasteiger charge is 2.33. The quantitative estimate of drug-likeness (QED) is 0.876. The fraction of sp³-hybridized carbons (Fsp3) is 0.333. The van der Waals surface area contributed by atoms with Gasteiger partial charge in [-0.3, -0.25) is 4.79 Å². The fourth-order valence-electron chi connectivity index (χ4n) is 3.51. The number of benzene rings is 2. The van der Waals surface area contributed by atoms with Crippen LogP contribution in [0.2, 0.25) is 0 Å². The molecule has 2 heterocycles. The highest BCUT2D eigenvalue weighted by Crippen LogP contribution is 2.29. The SMILES string of the molecule is O=C(N[C@H](c1ccc(F)cc1)[C@@H]1CCCO1)C1=NO[C@@H](c2ccccc2)C1. The molecule has 0 spiro atoms. The van der Waals surface area contributed by atoms with E-state index in [-0.39, 0.29) is 30.0 Å². The third kappa shape index (κ3) is 4.01. The molecule has 6 heteroatoms. The van der Waals surface area contributed by atoms with Gasteiger partial charge in [-0.05, 0) is 36.1 Å². The number of rotatable bonds is 5. The Labute approximate surface area is 157 Å². The van der Waals surface area contributed by atoms with E-state index in [9.17, 15) is 9.18 Å². The van der Waals surface area contributed by atoms with Crippen LogP contribution in [0.3, 0.4) is 0 Å². The zero-order chi connectivity index (χ0) is 18.6. The first-order valence-electron chi connectivity index (χ1n) is 9.16. The number of halogens is 1. The predicted molar refractivity (Wildman–Crippen MR) is 98.6 cm³/mol. The first kappa shape index (κ1) is 17.7. The number of carbonyl (C=O) groups is 1. The van der Waals surface area contributed by atoms with E-state index in [4.69, 9.17) is 9.57 Å². The summed E-state index contributed by atoms with van der Waals surface area (Å²) < 4.78 is 19.1. The van der Waals surface area contributed by atoms with Crippen molar-refractivity contribution in [1.29, 1.82) is 0 Å². The third-order valence-electron chi connectivity index (χ3n) is 4.95. The Balaban J connectivity index is 1.46. The molecule has 2 aromatic carbocycles. The lowest BCUT2D eigenvalue weighted by molar-refractivity contribution is -0.116. The maximum absolute atomic E-state index is 13.3. The van der Waals surface area contributed by atoms with E-state index in [1.807, 2.05) is 30.3 Å². The maximum Gasteiger partial charge on any atom is 0.269 e. The van der Waals surface area contributed by atoms with Gasteiger partial charge in [0.2, 0.25) is 0 Å². The summed E-state index contributed by atoms with van der Waals surface area (Å²) in [5.41, 5.74) is 2.16. The molecule has 140 valence electrons. The van der Waals surface area contributed by atoms with Gasteiger partial charge in [0.05, 0.1) is 12.1 Å². The molecule has 0 unspecified atom stereocenters. The number of hydrogen-bond acceptors (Lipinski definition) is 4. The van der Waals surface area contributed by atoms with Crippen LogP contribution >= 0.6 is 0 Å². The van der Waals surface area contributed by atoms with Gasteiger partial charge in [0.1, 0.15) is 11.5 Å². The molecular formula is C21H21FN2O3. The summed E-state index contributed by atoms with van der Waals surface area (Å²) in [7, 11) is 0. The Hall–Kier alpha value is -2.73. The standard InChI is InChI=1S/C21H21FN2O3/c22-16-10-8-15(9-11-16)20(18-7-4-12-26-18)23-21(25)17-13-19(27-24-17)14-5-2-1-3-6-14/h1-3,5-6,8-11,18-20H,4,7,12-13H2,(H,23,25)/t18-,19+,20+/m0/s1. The first-order chi connectivity index (χ1) is 13.2. The summed E-state index contributed by atoms with van der Waals surface area (Å²) in [6, 6.07) is 15.5. The summed E-state index contributed by atoms with van der Waals surface area (Å²) >= 11 is 0. The van der Waals surface area contributed by atoms with Crippen molar-refractivity contribution in [2.45, 2.75) is 37.5 Å². The van der Waals surface area contributed by atoms with E-state index in [2.05, 4.69) is 10.5 Å². The van der Waals surface area contributed by atoms with Crippen LogP contribution in [0, 0.1) is 5.82 Å². The van der Waals surface area contributed by atoms with Crippen molar-refractivity contribution in [1.82, 2.24) is 5.32 Å². The van der Waals surface area contributed by atoms with Gasteiger partial charge >= 0.3 is 0 Å². The second-order valence-corrected chi connectivity index (χ2v) is 6.80. The van der Waals surface area contributed by atoms with Crippen molar-refractivity contribution < 1.29 is 18.8 Å². The number of carbonyl (C=O) groups excluding carboxylic acids is 1. The number of nitrogens with zero attached hydrogens (tertiary/aromatic N) is 1. The molecule has 0 aromatic heterocycles. The Bertz CT molecular complexity index is 817. The smallest absolute Gasteiger partial charge is 0.269 e. The Morgan fingerprint density at radius 1 is 1.15 bits per heavy atom. The van der Waals surface area contributed by atoms with Gasteiger partial charge < -0.3 is 14.9 Å². The van der Waals surface area contributed by atoms with Crippen LogP contribution in [-0.4, -0.2) is 24.3 Å². The molecule has 1 N–H and O–H groups in total. The van der Waals surface area contributed by atoms with Crippen LogP contribution in [0.1, 0.15) is 42.5 Å². The van der Waals surface area contributed by atoms with Crippen molar-refractivity contribution in [3.05, 3.63) is 71.5 Å². The molecule has 1 saturated heterocycles. The molecule has 0 saturated carbocycles. The average Bonchev–Trinajstić information content (AvgIpc) is 3.40. The molecule has 27 heavy (non-hydrogen) atoms. The lowest BCUT2D eigenvalue weighted by Crippen LogP contribution is -2.39. The van der Waals surface area contributed by atoms with Gasteiger partial charge in [0.25, 0.3) is 5.91 Å². The summed E-state index contributed by atoms with van der Waals surface area (Å²) in [4.78, 5) is 18.2. The van der Waals surface area contributed by atoms with Crippen LogP contribution in [-0.2, 0) is 14.4 Å². The monoisotopic (exact) mass is 368 g/mol. The third-order valence-corrected chi connectivity index (χ3v) is 4.95. The Kier molecular flexibility index (Phi) is 5.16. The van der Waals surface area contributed by atoms with Crippen LogP contribution in [0.4, 0.5) is 4.39 Å². The normalized spacial score (nSPS) is 22.8. The second-order valence-electron chi connectivity index (χ2n) is 6.80. The maximum atomic E-state index is 13.3. The lowest BCUT2D eigenvalue weighted by atomic mass is 9.98. The minimum Gasteiger partial charge on any atom is -0.387 e. The molecule has 5 nitrogen and oxygen atoms in total. The predicted octanol–water partition coefficient (Wildman–Crippen LogP) is 3.68.